The Morgan fingerprint density at radius 2 is 1.52 bits per heavy atom. The van der Waals surface area contributed by atoms with Crippen molar-refractivity contribution in [2.75, 3.05) is 33.3 Å². The van der Waals surface area contributed by atoms with Crippen LogP contribution in [0.25, 0.3) is 0 Å². The first-order chi connectivity index (χ1) is 13.7. The number of sulfonamides is 1. The van der Waals surface area contributed by atoms with E-state index in [1.165, 1.54) is 35.7 Å². The zero-order valence-corrected chi connectivity index (χ0v) is 17.6. The predicted octanol–water partition coefficient (Wildman–Crippen LogP) is 2.65. The van der Waals surface area contributed by atoms with Gasteiger partial charge in [0.05, 0.1) is 17.4 Å². The number of amides is 1. The highest BCUT2D eigenvalue weighted by Crippen LogP contribution is 2.27. The zero-order chi connectivity index (χ0) is 21.2. The zero-order valence-electron chi connectivity index (χ0n) is 16.8. The Kier molecular flexibility index (Phi) is 5.95. The van der Waals surface area contributed by atoms with Gasteiger partial charge in [-0.3, -0.25) is 4.79 Å². The molecule has 0 bridgehead atoms. The summed E-state index contributed by atoms with van der Waals surface area (Å²) in [6, 6.07) is 12.1. The minimum Gasteiger partial charge on any atom is -0.497 e. The van der Waals surface area contributed by atoms with Crippen LogP contribution in [-0.4, -0.2) is 56.8 Å². The second kappa shape index (κ2) is 8.12. The van der Waals surface area contributed by atoms with Crippen LogP contribution in [0.4, 0.5) is 4.39 Å². The topological polar surface area (TPSA) is 66.9 Å². The van der Waals surface area contributed by atoms with Gasteiger partial charge >= 0.3 is 0 Å². The van der Waals surface area contributed by atoms with E-state index in [0.717, 1.165) is 5.56 Å². The molecule has 1 amide bonds. The maximum atomic E-state index is 13.2. The summed E-state index contributed by atoms with van der Waals surface area (Å²) in [4.78, 5) is 14.9. The van der Waals surface area contributed by atoms with E-state index >= 15 is 0 Å². The molecular formula is C21H25FN2O4S. The van der Waals surface area contributed by atoms with Crippen molar-refractivity contribution in [2.45, 2.75) is 24.2 Å². The molecule has 156 valence electrons. The highest BCUT2D eigenvalue weighted by atomic mass is 32.2. The number of hydrogen-bond acceptors (Lipinski definition) is 4. The third-order valence-corrected chi connectivity index (χ3v) is 7.24. The molecule has 2 aromatic carbocycles. The molecule has 0 atom stereocenters. The second-order valence-corrected chi connectivity index (χ2v) is 9.44. The maximum Gasteiger partial charge on any atom is 0.243 e. The van der Waals surface area contributed by atoms with Crippen molar-refractivity contribution in [3.8, 4) is 5.75 Å². The summed E-state index contributed by atoms with van der Waals surface area (Å²) >= 11 is 0. The van der Waals surface area contributed by atoms with Gasteiger partial charge in [-0.05, 0) is 55.8 Å². The van der Waals surface area contributed by atoms with Gasteiger partial charge in [-0.2, -0.15) is 4.31 Å². The molecule has 1 fully saturated rings. The minimum absolute atomic E-state index is 0.106. The van der Waals surface area contributed by atoms with Crippen LogP contribution in [0.2, 0.25) is 0 Å². The number of rotatable bonds is 5. The first kappa shape index (κ1) is 21.3. The molecular weight excluding hydrogens is 395 g/mol. The van der Waals surface area contributed by atoms with Crippen LogP contribution in [0.5, 0.6) is 5.75 Å². The highest BCUT2D eigenvalue weighted by molar-refractivity contribution is 7.89. The van der Waals surface area contributed by atoms with Gasteiger partial charge < -0.3 is 9.64 Å². The summed E-state index contributed by atoms with van der Waals surface area (Å²) < 4.78 is 45.4. The monoisotopic (exact) mass is 420 g/mol. The number of carbonyl (C=O) groups excluding carboxylic acids is 1. The maximum absolute atomic E-state index is 13.2. The standard InChI is InChI=1S/C21H25FN2O4S/c1-21(2,16-4-6-17(22)7-5-16)20(25)23-12-14-24(15-13-23)29(26,27)19-10-8-18(28-3)9-11-19/h4-11H,12-15H2,1-3H3. The number of nitrogens with zero attached hydrogens (tertiary/aromatic N) is 2. The molecule has 1 aliphatic heterocycles. The summed E-state index contributed by atoms with van der Waals surface area (Å²) in [7, 11) is -2.11. The molecule has 0 N–H and O–H groups in total. The number of hydrogen-bond donors (Lipinski definition) is 0. The normalized spacial score (nSPS) is 15.9. The van der Waals surface area contributed by atoms with Gasteiger partial charge in [-0.25, -0.2) is 12.8 Å². The molecule has 1 heterocycles. The van der Waals surface area contributed by atoms with Crippen LogP contribution < -0.4 is 4.74 Å². The molecule has 0 saturated carbocycles. The van der Waals surface area contributed by atoms with E-state index in [9.17, 15) is 17.6 Å². The third kappa shape index (κ3) is 4.28. The number of benzene rings is 2. The van der Waals surface area contributed by atoms with E-state index in [1.807, 2.05) is 0 Å². The van der Waals surface area contributed by atoms with E-state index < -0.39 is 15.4 Å². The van der Waals surface area contributed by atoms with Crippen LogP contribution >= 0.6 is 0 Å². The molecule has 8 heteroatoms. The van der Waals surface area contributed by atoms with Crippen molar-refractivity contribution in [1.82, 2.24) is 9.21 Å². The lowest BCUT2D eigenvalue weighted by atomic mass is 9.83. The molecule has 0 unspecified atom stereocenters. The van der Waals surface area contributed by atoms with E-state index in [1.54, 1.807) is 43.0 Å². The molecule has 0 radical (unpaired) electrons. The molecule has 1 aliphatic rings. The lowest BCUT2D eigenvalue weighted by Crippen LogP contribution is -2.54. The number of halogens is 1. The SMILES string of the molecule is COc1ccc(S(=O)(=O)N2CCN(C(=O)C(C)(C)c3ccc(F)cc3)CC2)cc1. The number of ether oxygens (including phenoxy) is 1. The lowest BCUT2D eigenvalue weighted by Gasteiger charge is -2.38. The van der Waals surface area contributed by atoms with E-state index in [4.69, 9.17) is 4.74 Å². The first-order valence-corrected chi connectivity index (χ1v) is 10.8. The Bertz CT molecular complexity index is 965. The average molecular weight is 421 g/mol. The van der Waals surface area contributed by atoms with Crippen molar-refractivity contribution >= 4 is 15.9 Å². The molecule has 6 nitrogen and oxygen atoms in total. The predicted molar refractivity (Wildman–Crippen MR) is 108 cm³/mol. The minimum atomic E-state index is -3.63. The van der Waals surface area contributed by atoms with Gasteiger partial charge in [-0.1, -0.05) is 12.1 Å². The summed E-state index contributed by atoms with van der Waals surface area (Å²) in [6.07, 6.45) is 0. The molecule has 29 heavy (non-hydrogen) atoms. The molecule has 0 aromatic heterocycles. The van der Waals surface area contributed by atoms with Crippen LogP contribution in [0, 0.1) is 5.82 Å². The number of methoxy groups -OCH3 is 1. The van der Waals surface area contributed by atoms with Crippen molar-refractivity contribution in [3.05, 3.63) is 59.9 Å². The smallest absolute Gasteiger partial charge is 0.243 e. The molecule has 1 saturated heterocycles. The molecule has 2 aromatic rings. The van der Waals surface area contributed by atoms with Gasteiger partial charge in [0.2, 0.25) is 15.9 Å². The Morgan fingerprint density at radius 1 is 0.966 bits per heavy atom. The summed E-state index contributed by atoms with van der Waals surface area (Å²) in [5.74, 6) is 0.127. The third-order valence-electron chi connectivity index (χ3n) is 5.32. The Morgan fingerprint density at radius 3 is 2.03 bits per heavy atom. The Balaban J connectivity index is 1.69. The summed E-state index contributed by atoms with van der Waals surface area (Å²) in [5.41, 5.74) is -0.109. The fourth-order valence-corrected chi connectivity index (χ4v) is 4.84. The van der Waals surface area contributed by atoms with Crippen molar-refractivity contribution < 1.29 is 22.3 Å². The summed E-state index contributed by atoms with van der Waals surface area (Å²) in [6.45, 7) is 4.64. The second-order valence-electron chi connectivity index (χ2n) is 7.50. The van der Waals surface area contributed by atoms with Gasteiger partial charge in [-0.15, -0.1) is 0 Å². The number of piperazine rings is 1. The van der Waals surface area contributed by atoms with Crippen molar-refractivity contribution in [1.29, 1.82) is 0 Å². The van der Waals surface area contributed by atoms with Crippen LogP contribution in [-0.2, 0) is 20.2 Å². The van der Waals surface area contributed by atoms with Crippen LogP contribution in [0.15, 0.2) is 53.4 Å². The lowest BCUT2D eigenvalue weighted by molar-refractivity contribution is -0.137. The molecule has 0 aliphatic carbocycles. The quantitative estimate of drug-likeness (QED) is 0.746. The van der Waals surface area contributed by atoms with Crippen LogP contribution in [0.3, 0.4) is 0 Å². The average Bonchev–Trinajstić information content (AvgIpc) is 2.73. The van der Waals surface area contributed by atoms with Crippen molar-refractivity contribution in [2.24, 2.45) is 0 Å². The Hall–Kier alpha value is -2.45. The van der Waals surface area contributed by atoms with E-state index in [2.05, 4.69) is 0 Å². The summed E-state index contributed by atoms with van der Waals surface area (Å²) in [5, 5.41) is 0. The van der Waals surface area contributed by atoms with Gasteiger partial charge in [0.25, 0.3) is 0 Å². The van der Waals surface area contributed by atoms with E-state index in [0.29, 0.717) is 18.8 Å². The van der Waals surface area contributed by atoms with Gasteiger partial charge in [0.1, 0.15) is 11.6 Å². The van der Waals surface area contributed by atoms with Gasteiger partial charge in [0.15, 0.2) is 0 Å². The largest absolute Gasteiger partial charge is 0.497 e. The van der Waals surface area contributed by atoms with Crippen molar-refractivity contribution in [3.63, 3.8) is 0 Å². The highest BCUT2D eigenvalue weighted by Gasteiger charge is 2.37. The molecule has 0 spiro atoms. The molecule has 3 rings (SSSR count). The fourth-order valence-electron chi connectivity index (χ4n) is 3.41. The Labute approximate surface area is 170 Å². The van der Waals surface area contributed by atoms with Crippen LogP contribution in [0.1, 0.15) is 19.4 Å². The van der Waals surface area contributed by atoms with E-state index in [-0.39, 0.29) is 29.7 Å². The van der Waals surface area contributed by atoms with Gasteiger partial charge in [0, 0.05) is 26.2 Å². The number of carbonyl (C=O) groups is 1. The fraction of sp³-hybridized carbons (Fsp3) is 0.381. The first-order valence-electron chi connectivity index (χ1n) is 9.36.